The molecule has 0 fully saturated rings. The van der Waals surface area contributed by atoms with E-state index >= 15 is 0 Å². The van der Waals surface area contributed by atoms with Gasteiger partial charge in [-0.1, -0.05) is 6.08 Å². The minimum atomic E-state index is 0.0202. The summed E-state index contributed by atoms with van der Waals surface area (Å²) in [6.07, 6.45) is 8.48. The number of aromatic amines is 3. The number of H-pyrrole nitrogens is 3. The predicted molar refractivity (Wildman–Crippen MR) is 145 cm³/mol. The molecule has 0 aromatic carbocycles. The van der Waals surface area contributed by atoms with Crippen molar-refractivity contribution in [3.8, 4) is 0 Å². The van der Waals surface area contributed by atoms with Crippen molar-refractivity contribution in [2.45, 2.75) is 40.7 Å². The lowest BCUT2D eigenvalue weighted by Gasteiger charge is -2.06. The van der Waals surface area contributed by atoms with Crippen molar-refractivity contribution < 1.29 is 0 Å². The van der Waals surface area contributed by atoms with E-state index in [2.05, 4.69) is 110 Å². The molecule has 0 saturated heterocycles. The number of aromatic nitrogens is 3. The van der Waals surface area contributed by atoms with E-state index in [1.54, 1.807) is 0 Å². The molecule has 6 heterocycles. The molecule has 3 aromatic rings. The van der Waals surface area contributed by atoms with Crippen LogP contribution in [0.15, 0.2) is 82.0 Å². The summed E-state index contributed by atoms with van der Waals surface area (Å²) in [5, 5.41) is 4.39. The molecule has 5 heteroatoms. The topological polar surface area (TPSA) is 72.1 Å². The van der Waals surface area contributed by atoms with Gasteiger partial charge in [0.25, 0.3) is 0 Å². The summed E-state index contributed by atoms with van der Waals surface area (Å²) in [7, 11) is 0. The molecular formula is C30H29N5. The van der Waals surface area contributed by atoms with Crippen molar-refractivity contribution >= 4 is 33.7 Å². The molecule has 35 heavy (non-hydrogen) atoms. The lowest BCUT2D eigenvalue weighted by Crippen LogP contribution is -2.18. The van der Waals surface area contributed by atoms with Crippen LogP contribution in [0.4, 0.5) is 0 Å². The van der Waals surface area contributed by atoms with Crippen LogP contribution in [0, 0.1) is 0 Å². The molecule has 0 aliphatic carbocycles. The van der Waals surface area contributed by atoms with Crippen molar-refractivity contribution in [3.05, 3.63) is 105 Å². The van der Waals surface area contributed by atoms with Crippen LogP contribution in [-0.4, -0.2) is 32.4 Å². The van der Waals surface area contributed by atoms with E-state index in [0.29, 0.717) is 0 Å². The molecule has 3 aliphatic heterocycles. The van der Waals surface area contributed by atoms with Crippen molar-refractivity contribution in [2.24, 2.45) is 9.98 Å². The fraction of sp³-hybridized carbons (Fsp3) is 0.200. The molecule has 1 atom stereocenters. The number of nitrogens with one attached hydrogen (secondary N) is 3. The van der Waals surface area contributed by atoms with Crippen LogP contribution >= 0.6 is 0 Å². The van der Waals surface area contributed by atoms with Crippen LogP contribution in [0.5, 0.6) is 0 Å². The van der Waals surface area contributed by atoms with Gasteiger partial charge in [-0.2, -0.15) is 0 Å². The van der Waals surface area contributed by atoms with Crippen molar-refractivity contribution in [1.29, 1.82) is 0 Å². The Morgan fingerprint density at radius 2 is 1.17 bits per heavy atom. The summed E-state index contributed by atoms with van der Waals surface area (Å²) in [5.41, 5.74) is 10.9. The third kappa shape index (κ3) is 3.55. The van der Waals surface area contributed by atoms with E-state index < -0.39 is 0 Å². The molecule has 1 unspecified atom stereocenters. The van der Waals surface area contributed by atoms with Crippen LogP contribution in [-0.2, 0) is 0 Å². The minimum absolute atomic E-state index is 0.0202. The third-order valence-electron chi connectivity index (χ3n) is 7.45. The Bertz CT molecular complexity index is 1790. The lowest BCUT2D eigenvalue weighted by molar-refractivity contribution is 1.04. The molecule has 10 bridgehead atoms. The molecule has 5 nitrogen and oxygen atoms in total. The minimum Gasteiger partial charge on any atom is -0.355 e. The zero-order chi connectivity index (χ0) is 24.3. The second-order valence-electron chi connectivity index (χ2n) is 9.57. The van der Waals surface area contributed by atoms with E-state index in [-0.39, 0.29) is 6.04 Å². The van der Waals surface area contributed by atoms with Gasteiger partial charge < -0.3 is 15.0 Å². The van der Waals surface area contributed by atoms with Crippen LogP contribution in [0.2, 0.25) is 0 Å². The molecule has 0 spiro atoms. The van der Waals surface area contributed by atoms with Crippen LogP contribution in [0.1, 0.15) is 46.0 Å². The molecule has 0 amide bonds. The second kappa shape index (κ2) is 7.98. The van der Waals surface area contributed by atoms with Gasteiger partial charge in [0.1, 0.15) is 0 Å². The van der Waals surface area contributed by atoms with Gasteiger partial charge in [0.2, 0.25) is 0 Å². The van der Waals surface area contributed by atoms with Crippen LogP contribution in [0.3, 0.4) is 0 Å². The first-order chi connectivity index (χ1) is 16.9. The first-order valence-corrected chi connectivity index (χ1v) is 12.1. The number of fused-ring (bicyclic) bond motifs is 8. The Hall–Kier alpha value is -4.12. The summed E-state index contributed by atoms with van der Waals surface area (Å²) < 4.78 is 0. The predicted octanol–water partition coefficient (Wildman–Crippen LogP) is 3.13. The Balaban J connectivity index is 1.62. The number of allylic oxidation sites excluding steroid dienone is 4. The van der Waals surface area contributed by atoms with Gasteiger partial charge in [-0.15, -0.1) is 0 Å². The SMILES string of the molecule is C/C1=C2\C=CC(=N2)/C(C)=c2/cc/c([nH]2)=C(\C)c2ccc([nH]2)/C(C)=c2/cc/c([nH]2)=C(\C)C2C=CC1=N2. The van der Waals surface area contributed by atoms with E-state index in [1.165, 1.54) is 16.7 Å². The maximum atomic E-state index is 5.02. The van der Waals surface area contributed by atoms with Gasteiger partial charge >= 0.3 is 0 Å². The largest absolute Gasteiger partial charge is 0.355 e. The normalized spacial score (nSPS) is 27.9. The molecular weight excluding hydrogens is 430 g/mol. The highest BCUT2D eigenvalue weighted by molar-refractivity contribution is 6.26. The standard InChI is InChI=1S/C30H29N5/c1-16-21-6-8-23(31-21)17(2)25-10-12-27(33-25)19(4)29-14-15-30(35-29)20(5)28-13-11-26(34-28)18(3)24-9-7-22(16)32-24/h6-15,21,32,34-35H,1-5H3/b22-16-,24-18-,25-17-,29-19-,30-20-. The molecule has 0 saturated carbocycles. The van der Waals surface area contributed by atoms with Gasteiger partial charge in [0.05, 0.1) is 23.2 Å². The van der Waals surface area contributed by atoms with Gasteiger partial charge in [0.15, 0.2) is 0 Å². The summed E-state index contributed by atoms with van der Waals surface area (Å²) in [4.78, 5) is 20.8. The summed E-state index contributed by atoms with van der Waals surface area (Å²) >= 11 is 0. The third-order valence-corrected chi connectivity index (χ3v) is 7.45. The number of aliphatic imine (C=N–C) groups is 2. The smallest absolute Gasteiger partial charge is 0.0921 e. The average molecular weight is 460 g/mol. The van der Waals surface area contributed by atoms with Gasteiger partial charge in [-0.3, -0.25) is 4.99 Å². The Labute approximate surface area is 204 Å². The molecule has 0 radical (unpaired) electrons. The van der Waals surface area contributed by atoms with Gasteiger partial charge in [0, 0.05) is 32.8 Å². The molecule has 6 rings (SSSR count). The van der Waals surface area contributed by atoms with Crippen molar-refractivity contribution in [2.75, 3.05) is 0 Å². The maximum Gasteiger partial charge on any atom is 0.0921 e. The van der Waals surface area contributed by atoms with Crippen LogP contribution in [0.25, 0.3) is 22.3 Å². The Morgan fingerprint density at radius 3 is 1.86 bits per heavy atom. The van der Waals surface area contributed by atoms with E-state index in [1.807, 2.05) is 0 Å². The fourth-order valence-electron chi connectivity index (χ4n) is 4.89. The first kappa shape index (κ1) is 21.4. The van der Waals surface area contributed by atoms with Gasteiger partial charge in [-0.25, -0.2) is 4.99 Å². The zero-order valence-corrected chi connectivity index (χ0v) is 20.7. The molecule has 3 aromatic heterocycles. The fourth-order valence-corrected chi connectivity index (χ4v) is 4.89. The Morgan fingerprint density at radius 1 is 0.571 bits per heavy atom. The number of nitrogens with zero attached hydrogens (tertiary/aromatic N) is 2. The van der Waals surface area contributed by atoms with E-state index in [0.717, 1.165) is 61.1 Å². The molecule has 174 valence electrons. The summed E-state index contributed by atoms with van der Waals surface area (Å²) in [6, 6.07) is 12.9. The van der Waals surface area contributed by atoms with Crippen molar-refractivity contribution in [1.82, 2.24) is 15.0 Å². The summed E-state index contributed by atoms with van der Waals surface area (Å²) in [6.45, 7) is 10.7. The number of hydrogen-bond acceptors (Lipinski definition) is 2. The first-order valence-electron chi connectivity index (χ1n) is 12.1. The summed E-state index contributed by atoms with van der Waals surface area (Å²) in [5.74, 6) is 0. The highest BCUT2D eigenvalue weighted by atomic mass is 14.8. The quantitative estimate of drug-likeness (QED) is 0.462. The zero-order valence-electron chi connectivity index (χ0n) is 20.7. The number of hydrogen-bond donors (Lipinski definition) is 3. The van der Waals surface area contributed by atoms with Crippen molar-refractivity contribution in [3.63, 3.8) is 0 Å². The lowest BCUT2D eigenvalue weighted by atomic mass is 10.1. The van der Waals surface area contributed by atoms with Gasteiger partial charge in [-0.05, 0) is 117 Å². The Kier molecular flexibility index (Phi) is 4.88. The van der Waals surface area contributed by atoms with E-state index in [4.69, 9.17) is 9.98 Å². The average Bonchev–Trinajstić information content (AvgIpc) is 3.70. The molecule has 3 N–H and O–H groups in total. The highest BCUT2D eigenvalue weighted by Crippen LogP contribution is 2.23. The highest BCUT2D eigenvalue weighted by Gasteiger charge is 2.18. The number of rotatable bonds is 0. The van der Waals surface area contributed by atoms with Crippen LogP contribution < -0.4 is 21.4 Å². The van der Waals surface area contributed by atoms with E-state index in [9.17, 15) is 0 Å². The maximum absolute atomic E-state index is 5.02. The monoisotopic (exact) mass is 459 g/mol. The molecule has 3 aliphatic rings. The second-order valence-corrected chi connectivity index (χ2v) is 9.57.